The molecule has 9 heteroatoms. The van der Waals surface area contributed by atoms with Crippen LogP contribution in [0, 0.1) is 6.92 Å². The Balaban J connectivity index is 1.28. The van der Waals surface area contributed by atoms with Crippen LogP contribution in [0.25, 0.3) is 11.0 Å². The molecule has 2 saturated heterocycles. The van der Waals surface area contributed by atoms with Crippen LogP contribution in [0.15, 0.2) is 49.1 Å². The van der Waals surface area contributed by atoms with Gasteiger partial charge in [-0.3, -0.25) is 9.78 Å². The number of amides is 1. The molecule has 1 atom stereocenters. The number of carbonyl (C=O) groups excluding carboxylic acids is 1. The molecule has 3 aromatic rings. The van der Waals surface area contributed by atoms with E-state index in [0.29, 0.717) is 12.1 Å². The maximum Gasteiger partial charge on any atom is 0.255 e. The van der Waals surface area contributed by atoms with Crippen molar-refractivity contribution in [2.45, 2.75) is 24.3 Å². The van der Waals surface area contributed by atoms with Crippen LogP contribution in [-0.4, -0.2) is 70.1 Å². The van der Waals surface area contributed by atoms with Gasteiger partial charge in [0.05, 0.1) is 48.4 Å². The van der Waals surface area contributed by atoms with E-state index in [0.717, 1.165) is 16.6 Å². The number of carbonyl (C=O) groups is 1. The van der Waals surface area contributed by atoms with Crippen molar-refractivity contribution in [2.24, 2.45) is 0 Å². The van der Waals surface area contributed by atoms with E-state index in [2.05, 4.69) is 9.97 Å². The lowest BCUT2D eigenvalue weighted by atomic mass is 9.94. The first-order valence-corrected chi connectivity index (χ1v) is 11.5. The summed E-state index contributed by atoms with van der Waals surface area (Å²) >= 11 is 0. The summed E-state index contributed by atoms with van der Waals surface area (Å²) in [6, 6.07) is 9.42. The molecule has 5 rings (SSSR count). The highest BCUT2D eigenvalue weighted by Gasteiger charge is 2.54. The van der Waals surface area contributed by atoms with E-state index < -0.39 is 20.7 Å². The number of nitrogens with zero attached hydrogens (tertiary/aromatic N) is 4. The summed E-state index contributed by atoms with van der Waals surface area (Å²) in [6.07, 6.45) is 4.86. The lowest BCUT2D eigenvalue weighted by molar-refractivity contribution is -0.121. The van der Waals surface area contributed by atoms with E-state index >= 15 is 0 Å². The van der Waals surface area contributed by atoms with Crippen molar-refractivity contribution in [3.05, 3.63) is 60.2 Å². The quantitative estimate of drug-likeness (QED) is 0.629. The van der Waals surface area contributed by atoms with Gasteiger partial charge in [-0.1, -0.05) is 12.1 Å². The Morgan fingerprint density at radius 2 is 2.07 bits per heavy atom. The van der Waals surface area contributed by atoms with Crippen molar-refractivity contribution >= 4 is 26.8 Å². The van der Waals surface area contributed by atoms with Gasteiger partial charge >= 0.3 is 0 Å². The molecule has 8 nitrogen and oxygen atoms in total. The van der Waals surface area contributed by atoms with Crippen molar-refractivity contribution in [1.82, 2.24) is 19.4 Å². The number of fused-ring (bicyclic) bond motifs is 1. The second kappa shape index (κ2) is 6.88. The number of aryl methyl sites for hydroxylation is 1. The van der Waals surface area contributed by atoms with Gasteiger partial charge in [0.15, 0.2) is 9.84 Å². The summed E-state index contributed by atoms with van der Waals surface area (Å²) in [4.78, 5) is 22.7. The van der Waals surface area contributed by atoms with E-state index in [1.807, 2.05) is 35.8 Å². The molecule has 0 aliphatic carbocycles. The van der Waals surface area contributed by atoms with Gasteiger partial charge in [-0.2, -0.15) is 0 Å². The molecule has 30 heavy (non-hydrogen) atoms. The van der Waals surface area contributed by atoms with Crippen molar-refractivity contribution in [2.75, 3.05) is 25.4 Å². The summed E-state index contributed by atoms with van der Waals surface area (Å²) in [5.74, 6) is -0.216. The standard InChI is InChI=1S/C21H22N4O4S/c1-15-6-7-22-8-17(15)20(26)25-11-21(12-25)13-30(27,28)16(10-29-21)9-24-14-23-18-4-2-3-5-19(18)24/h2-8,14,16H,9-13H2,1H3/t16-/m0/s1. The summed E-state index contributed by atoms with van der Waals surface area (Å²) in [5, 5.41) is -0.633. The van der Waals surface area contributed by atoms with Crippen LogP contribution >= 0.6 is 0 Å². The molecule has 0 radical (unpaired) electrons. The van der Waals surface area contributed by atoms with Gasteiger partial charge in [0.1, 0.15) is 10.9 Å². The monoisotopic (exact) mass is 426 g/mol. The molecule has 0 unspecified atom stereocenters. The van der Waals surface area contributed by atoms with Crippen molar-refractivity contribution in [1.29, 1.82) is 0 Å². The molecular formula is C21H22N4O4S. The molecule has 2 aromatic heterocycles. The van der Waals surface area contributed by atoms with Crippen LogP contribution < -0.4 is 0 Å². The minimum Gasteiger partial charge on any atom is -0.369 e. The number of pyridine rings is 1. The minimum atomic E-state index is -3.38. The summed E-state index contributed by atoms with van der Waals surface area (Å²) in [6.45, 7) is 2.83. The zero-order valence-corrected chi connectivity index (χ0v) is 17.4. The fourth-order valence-electron chi connectivity index (χ4n) is 4.27. The lowest BCUT2D eigenvalue weighted by Gasteiger charge is -2.52. The normalized spacial score (nSPS) is 22.2. The van der Waals surface area contributed by atoms with Crippen LogP contribution in [0.4, 0.5) is 0 Å². The van der Waals surface area contributed by atoms with Crippen molar-refractivity contribution in [3.8, 4) is 0 Å². The van der Waals surface area contributed by atoms with E-state index in [-0.39, 0.29) is 31.4 Å². The predicted molar refractivity (Wildman–Crippen MR) is 111 cm³/mol. The molecule has 0 N–H and O–H groups in total. The van der Waals surface area contributed by atoms with Gasteiger partial charge in [-0.15, -0.1) is 0 Å². The molecule has 2 fully saturated rings. The van der Waals surface area contributed by atoms with Crippen LogP contribution in [0.5, 0.6) is 0 Å². The van der Waals surface area contributed by atoms with E-state index in [1.54, 1.807) is 29.7 Å². The number of benzene rings is 1. The maximum absolute atomic E-state index is 13.0. The first kappa shape index (κ1) is 19.2. The molecule has 156 valence electrons. The third-order valence-corrected chi connectivity index (χ3v) is 8.22. The largest absolute Gasteiger partial charge is 0.369 e. The minimum absolute atomic E-state index is 0.0763. The Labute approximate surface area is 174 Å². The number of aromatic nitrogens is 3. The Morgan fingerprint density at radius 1 is 1.27 bits per heavy atom. The number of hydrogen-bond donors (Lipinski definition) is 0. The number of para-hydroxylation sites is 2. The fraction of sp³-hybridized carbons (Fsp3) is 0.381. The van der Waals surface area contributed by atoms with Gasteiger partial charge < -0.3 is 14.2 Å². The molecule has 1 spiro atoms. The van der Waals surface area contributed by atoms with Gasteiger partial charge in [-0.25, -0.2) is 13.4 Å². The summed E-state index contributed by atoms with van der Waals surface area (Å²) in [7, 11) is -3.38. The number of likely N-dealkylation sites (tertiary alicyclic amines) is 1. The molecular weight excluding hydrogens is 404 g/mol. The van der Waals surface area contributed by atoms with E-state index in [1.165, 1.54) is 0 Å². The zero-order valence-electron chi connectivity index (χ0n) is 16.6. The van der Waals surface area contributed by atoms with Crippen molar-refractivity contribution < 1.29 is 17.9 Å². The molecule has 0 bridgehead atoms. The number of hydrogen-bond acceptors (Lipinski definition) is 6. The van der Waals surface area contributed by atoms with Crippen LogP contribution in [0.3, 0.4) is 0 Å². The Bertz CT molecular complexity index is 1230. The van der Waals surface area contributed by atoms with Crippen LogP contribution in [0.2, 0.25) is 0 Å². The van der Waals surface area contributed by atoms with Gasteiger partial charge in [0.2, 0.25) is 0 Å². The highest BCUT2D eigenvalue weighted by atomic mass is 32.2. The number of sulfone groups is 1. The Hall–Kier alpha value is -2.78. The highest BCUT2D eigenvalue weighted by Crippen LogP contribution is 2.34. The zero-order chi connectivity index (χ0) is 20.9. The second-order valence-corrected chi connectivity index (χ2v) is 10.4. The third-order valence-electron chi connectivity index (χ3n) is 5.99. The molecule has 0 saturated carbocycles. The Morgan fingerprint density at radius 3 is 2.83 bits per heavy atom. The van der Waals surface area contributed by atoms with Gasteiger partial charge in [-0.05, 0) is 30.7 Å². The molecule has 1 aromatic carbocycles. The predicted octanol–water partition coefficient (Wildman–Crippen LogP) is 1.45. The second-order valence-electron chi connectivity index (χ2n) is 8.16. The van der Waals surface area contributed by atoms with Crippen LogP contribution in [-0.2, 0) is 21.1 Å². The molecule has 2 aliphatic rings. The van der Waals surface area contributed by atoms with Crippen LogP contribution in [0.1, 0.15) is 15.9 Å². The molecule has 1 amide bonds. The first-order chi connectivity index (χ1) is 14.4. The highest BCUT2D eigenvalue weighted by molar-refractivity contribution is 7.92. The van der Waals surface area contributed by atoms with Crippen molar-refractivity contribution in [3.63, 3.8) is 0 Å². The van der Waals surface area contributed by atoms with Gasteiger partial charge in [0.25, 0.3) is 5.91 Å². The fourth-order valence-corrected chi connectivity index (χ4v) is 6.17. The average Bonchev–Trinajstić information content (AvgIpc) is 3.10. The Kier molecular flexibility index (Phi) is 4.41. The average molecular weight is 426 g/mol. The van der Waals surface area contributed by atoms with Gasteiger partial charge in [0, 0.05) is 18.9 Å². The number of ether oxygens (including phenoxy) is 1. The SMILES string of the molecule is Cc1ccncc1C(=O)N1CC2(C1)CS(=O)(=O)[C@@H](Cn1cnc3ccccc31)CO2. The smallest absolute Gasteiger partial charge is 0.255 e. The topological polar surface area (TPSA) is 94.4 Å². The number of rotatable bonds is 3. The number of imidazole rings is 1. The molecule has 4 heterocycles. The summed E-state index contributed by atoms with van der Waals surface area (Å²) in [5.41, 5.74) is 2.32. The third kappa shape index (κ3) is 3.18. The summed E-state index contributed by atoms with van der Waals surface area (Å²) < 4.78 is 33.9. The van der Waals surface area contributed by atoms with E-state index in [9.17, 15) is 13.2 Å². The van der Waals surface area contributed by atoms with E-state index in [4.69, 9.17) is 4.74 Å². The molecule has 2 aliphatic heterocycles. The lowest BCUT2D eigenvalue weighted by Crippen LogP contribution is -2.70. The maximum atomic E-state index is 13.0. The first-order valence-electron chi connectivity index (χ1n) is 9.82.